The maximum Gasteiger partial charge on any atom is -0.0152 e. The van der Waals surface area contributed by atoms with Crippen LogP contribution in [0.4, 0.5) is 0 Å². The zero-order chi connectivity index (χ0) is 16.8. The first kappa shape index (κ1) is 17.6. The normalized spacial score (nSPS) is 50.6. The minimum Gasteiger partial charge on any atom is -0.0998 e. The smallest absolute Gasteiger partial charge is 0.0152 e. The molecule has 0 amide bonds. The number of allylic oxidation sites excluding steroid dienone is 1. The lowest BCUT2D eigenvalue weighted by atomic mass is 9.48. The van der Waals surface area contributed by atoms with Gasteiger partial charge in [0.05, 0.1) is 0 Å². The van der Waals surface area contributed by atoms with Gasteiger partial charge in [-0.1, -0.05) is 65.5 Å². The van der Waals surface area contributed by atoms with Crippen molar-refractivity contribution in [3.8, 4) is 0 Å². The molecule has 3 fully saturated rings. The van der Waals surface area contributed by atoms with Crippen molar-refractivity contribution in [1.82, 2.24) is 0 Å². The van der Waals surface area contributed by atoms with Crippen molar-refractivity contribution in [3.05, 3.63) is 12.2 Å². The minimum atomic E-state index is 0.553. The molecule has 0 heteroatoms. The van der Waals surface area contributed by atoms with Gasteiger partial charge in [0, 0.05) is 0 Å². The van der Waals surface area contributed by atoms with Gasteiger partial charge in [0.2, 0.25) is 0 Å². The van der Waals surface area contributed by atoms with Gasteiger partial charge >= 0.3 is 0 Å². The maximum absolute atomic E-state index is 4.36. The Balaban J connectivity index is 1.88. The van der Waals surface area contributed by atoms with Gasteiger partial charge in [-0.15, -0.1) is 0 Å². The quantitative estimate of drug-likeness (QED) is 0.481. The number of rotatable bonds is 3. The zero-order valence-electron chi connectivity index (χ0n) is 16.5. The van der Waals surface area contributed by atoms with Crippen LogP contribution in [0.15, 0.2) is 12.2 Å². The van der Waals surface area contributed by atoms with Gasteiger partial charge in [0.15, 0.2) is 0 Å². The van der Waals surface area contributed by atoms with Crippen molar-refractivity contribution < 1.29 is 0 Å². The Morgan fingerprint density at radius 3 is 2.26 bits per heavy atom. The summed E-state index contributed by atoms with van der Waals surface area (Å²) in [6, 6.07) is 0. The predicted octanol–water partition coefficient (Wildman–Crippen LogP) is 7.25. The van der Waals surface area contributed by atoms with Crippen molar-refractivity contribution >= 4 is 0 Å². The molecule has 3 rings (SSSR count). The molecule has 3 saturated carbocycles. The van der Waals surface area contributed by atoms with Crippen LogP contribution in [0.5, 0.6) is 0 Å². The first-order chi connectivity index (χ1) is 10.8. The second-order valence-electron chi connectivity index (χ2n) is 9.96. The Morgan fingerprint density at radius 1 is 0.957 bits per heavy atom. The van der Waals surface area contributed by atoms with Crippen molar-refractivity contribution in [2.24, 2.45) is 40.4 Å². The summed E-state index contributed by atoms with van der Waals surface area (Å²) >= 11 is 0. The third-order valence-electron chi connectivity index (χ3n) is 9.08. The highest BCUT2D eigenvalue weighted by molar-refractivity contribution is 5.13. The van der Waals surface area contributed by atoms with E-state index in [4.69, 9.17) is 0 Å². The van der Waals surface area contributed by atoms with Crippen LogP contribution in [-0.4, -0.2) is 0 Å². The summed E-state index contributed by atoms with van der Waals surface area (Å²) in [5, 5.41) is 0. The van der Waals surface area contributed by atoms with Gasteiger partial charge in [-0.25, -0.2) is 0 Å². The van der Waals surface area contributed by atoms with Crippen molar-refractivity contribution in [1.29, 1.82) is 0 Å². The predicted molar refractivity (Wildman–Crippen MR) is 101 cm³/mol. The Kier molecular flexibility index (Phi) is 4.76. The molecule has 7 atom stereocenters. The molecule has 0 heterocycles. The Morgan fingerprint density at radius 2 is 1.65 bits per heavy atom. The van der Waals surface area contributed by atoms with Gasteiger partial charge < -0.3 is 0 Å². The van der Waals surface area contributed by atoms with Crippen LogP contribution in [0.3, 0.4) is 0 Å². The van der Waals surface area contributed by atoms with Gasteiger partial charge in [0.25, 0.3) is 0 Å². The Labute approximate surface area is 145 Å². The molecule has 7 unspecified atom stereocenters. The summed E-state index contributed by atoms with van der Waals surface area (Å²) in [7, 11) is 0. The molecule has 0 radical (unpaired) electrons. The van der Waals surface area contributed by atoms with Gasteiger partial charge in [-0.2, -0.15) is 0 Å². The highest BCUT2D eigenvalue weighted by atomic mass is 14.6. The second kappa shape index (κ2) is 6.23. The van der Waals surface area contributed by atoms with E-state index in [1.165, 1.54) is 63.4 Å². The molecule has 3 aliphatic carbocycles. The summed E-state index contributed by atoms with van der Waals surface area (Å²) in [5.41, 5.74) is 2.62. The van der Waals surface area contributed by atoms with Crippen LogP contribution < -0.4 is 0 Å². The molecule has 0 aromatic rings. The largest absolute Gasteiger partial charge is 0.0998 e. The first-order valence-electron chi connectivity index (χ1n) is 10.5. The molecule has 23 heavy (non-hydrogen) atoms. The van der Waals surface area contributed by atoms with E-state index in [0.29, 0.717) is 10.8 Å². The maximum atomic E-state index is 4.36. The highest BCUT2D eigenvalue weighted by Crippen LogP contribution is 2.65. The van der Waals surface area contributed by atoms with Gasteiger partial charge in [-0.3, -0.25) is 0 Å². The molecule has 0 spiro atoms. The molecule has 0 nitrogen and oxygen atoms in total. The summed E-state index contributed by atoms with van der Waals surface area (Å²) in [6.45, 7) is 17.0. The minimum absolute atomic E-state index is 0.553. The number of fused-ring (bicyclic) bond motifs is 1. The second-order valence-corrected chi connectivity index (χ2v) is 9.96. The lowest BCUT2D eigenvalue weighted by Gasteiger charge is -2.56. The van der Waals surface area contributed by atoms with E-state index in [1.807, 2.05) is 0 Å². The van der Waals surface area contributed by atoms with Gasteiger partial charge in [0.1, 0.15) is 0 Å². The highest BCUT2D eigenvalue weighted by Gasteiger charge is 2.56. The monoisotopic (exact) mass is 316 g/mol. The molecule has 0 N–H and O–H groups in total. The van der Waals surface area contributed by atoms with Crippen molar-refractivity contribution in [3.63, 3.8) is 0 Å². The molecule has 0 saturated heterocycles. The standard InChI is InChI=1S/C23H40/c1-7-18-20-12-11-19(16(2)3)23(20,6)15-13-21(18)22(5)14-9-8-10-17(22)4/h17-21H,2,7-15H2,1,3-6H3. The lowest BCUT2D eigenvalue weighted by Crippen LogP contribution is -2.49. The van der Waals surface area contributed by atoms with Crippen LogP contribution in [0.25, 0.3) is 0 Å². The van der Waals surface area contributed by atoms with Crippen LogP contribution in [0.2, 0.25) is 0 Å². The number of hydrogen-bond donors (Lipinski definition) is 0. The molecule has 132 valence electrons. The summed E-state index contributed by atoms with van der Waals surface area (Å²) in [4.78, 5) is 0. The molecule has 0 aromatic carbocycles. The molecular weight excluding hydrogens is 276 g/mol. The average molecular weight is 317 g/mol. The Bertz CT molecular complexity index is 449. The third-order valence-corrected chi connectivity index (χ3v) is 9.08. The van der Waals surface area contributed by atoms with E-state index in [2.05, 4.69) is 41.2 Å². The van der Waals surface area contributed by atoms with Crippen molar-refractivity contribution in [2.75, 3.05) is 0 Å². The fourth-order valence-corrected chi connectivity index (χ4v) is 7.57. The van der Waals surface area contributed by atoms with E-state index in [-0.39, 0.29) is 0 Å². The van der Waals surface area contributed by atoms with Crippen LogP contribution >= 0.6 is 0 Å². The SMILES string of the molecule is C=C(C)C1CCC2C(CC)C(C3(C)CCCCC3C)CCC12C. The topological polar surface area (TPSA) is 0 Å². The van der Waals surface area contributed by atoms with E-state index in [9.17, 15) is 0 Å². The first-order valence-corrected chi connectivity index (χ1v) is 10.5. The van der Waals surface area contributed by atoms with E-state index >= 15 is 0 Å². The average Bonchev–Trinajstić information content (AvgIpc) is 2.86. The summed E-state index contributed by atoms with van der Waals surface area (Å²) in [6.07, 6.45) is 13.1. The van der Waals surface area contributed by atoms with Crippen molar-refractivity contribution in [2.45, 2.75) is 92.4 Å². The van der Waals surface area contributed by atoms with Crippen LogP contribution in [-0.2, 0) is 0 Å². The fraction of sp³-hybridized carbons (Fsp3) is 0.913. The molecular formula is C23H40. The van der Waals surface area contributed by atoms with E-state index < -0.39 is 0 Å². The molecule has 0 aromatic heterocycles. The summed E-state index contributed by atoms with van der Waals surface area (Å²) < 4.78 is 0. The van der Waals surface area contributed by atoms with Crippen LogP contribution in [0.1, 0.15) is 92.4 Å². The molecule has 3 aliphatic rings. The molecule has 0 aliphatic heterocycles. The number of hydrogen-bond acceptors (Lipinski definition) is 0. The van der Waals surface area contributed by atoms with E-state index in [1.54, 1.807) is 0 Å². The van der Waals surface area contributed by atoms with Crippen LogP contribution in [0, 0.1) is 40.4 Å². The molecule has 0 bridgehead atoms. The fourth-order valence-electron chi connectivity index (χ4n) is 7.57. The van der Waals surface area contributed by atoms with Gasteiger partial charge in [-0.05, 0) is 79.4 Å². The third kappa shape index (κ3) is 2.63. The van der Waals surface area contributed by atoms with E-state index in [0.717, 1.165) is 29.6 Å². The zero-order valence-corrected chi connectivity index (χ0v) is 16.5. The Hall–Kier alpha value is -0.260. The summed E-state index contributed by atoms with van der Waals surface area (Å²) in [5.74, 6) is 4.62. The lowest BCUT2D eigenvalue weighted by molar-refractivity contribution is -0.0700.